The Hall–Kier alpha value is -1.79. The van der Waals surface area contributed by atoms with Crippen LogP contribution in [0.1, 0.15) is 50.7 Å². The smallest absolute Gasteiger partial charge is 0.322 e. The van der Waals surface area contributed by atoms with E-state index < -0.39 is 0 Å². The van der Waals surface area contributed by atoms with Crippen molar-refractivity contribution in [2.24, 2.45) is 0 Å². The Bertz CT molecular complexity index is 792. The van der Waals surface area contributed by atoms with E-state index in [1.54, 1.807) is 23.1 Å². The third kappa shape index (κ3) is 4.93. The SMILES string of the molecule is CCCCNC(=O)N(Cc1nnc2n1CCCCC2)c1ccc(Cl)c(Cl)c1. The van der Waals surface area contributed by atoms with Crippen LogP contribution in [0.15, 0.2) is 18.2 Å². The van der Waals surface area contributed by atoms with E-state index in [2.05, 4.69) is 27.0 Å². The highest BCUT2D eigenvalue weighted by molar-refractivity contribution is 6.42. The second-order valence-corrected chi connectivity index (χ2v) is 7.58. The monoisotopic (exact) mass is 409 g/mol. The molecule has 0 saturated carbocycles. The summed E-state index contributed by atoms with van der Waals surface area (Å²) in [6, 6.07) is 5.04. The van der Waals surface area contributed by atoms with Crippen molar-refractivity contribution < 1.29 is 4.79 Å². The Morgan fingerprint density at radius 3 is 2.85 bits per heavy atom. The fourth-order valence-corrected chi connectivity index (χ4v) is 3.50. The number of urea groups is 1. The van der Waals surface area contributed by atoms with Gasteiger partial charge in [-0.3, -0.25) is 4.90 Å². The van der Waals surface area contributed by atoms with Gasteiger partial charge in [0.2, 0.25) is 0 Å². The average Bonchev–Trinajstić information content (AvgIpc) is 2.88. The standard InChI is InChI=1S/C19H25Cl2N5O/c1-2-3-10-22-19(27)26(14-8-9-15(20)16(21)12-14)13-18-24-23-17-7-5-4-6-11-25(17)18/h8-9,12H,2-7,10-11,13H2,1H3,(H,22,27). The van der Waals surface area contributed by atoms with Crippen molar-refractivity contribution in [1.82, 2.24) is 20.1 Å². The van der Waals surface area contributed by atoms with Crippen molar-refractivity contribution in [2.75, 3.05) is 11.4 Å². The van der Waals surface area contributed by atoms with Crippen molar-refractivity contribution in [1.29, 1.82) is 0 Å². The van der Waals surface area contributed by atoms with Gasteiger partial charge in [0, 0.05) is 25.2 Å². The molecule has 0 aliphatic carbocycles. The molecule has 1 aliphatic rings. The van der Waals surface area contributed by atoms with Crippen molar-refractivity contribution in [3.8, 4) is 0 Å². The van der Waals surface area contributed by atoms with Gasteiger partial charge in [-0.15, -0.1) is 10.2 Å². The number of nitrogens with zero attached hydrogens (tertiary/aromatic N) is 4. The zero-order valence-electron chi connectivity index (χ0n) is 15.5. The number of carbonyl (C=O) groups is 1. The second-order valence-electron chi connectivity index (χ2n) is 6.76. The predicted octanol–water partition coefficient (Wildman–Crippen LogP) is 4.83. The summed E-state index contributed by atoms with van der Waals surface area (Å²) in [5.74, 6) is 1.80. The molecule has 1 aliphatic heterocycles. The molecule has 0 spiro atoms. The second kappa shape index (κ2) is 9.42. The van der Waals surface area contributed by atoms with Crippen LogP contribution in [0.5, 0.6) is 0 Å². The van der Waals surface area contributed by atoms with E-state index in [9.17, 15) is 4.79 Å². The van der Waals surface area contributed by atoms with Crippen LogP contribution >= 0.6 is 23.2 Å². The molecule has 3 rings (SSSR count). The van der Waals surface area contributed by atoms with Gasteiger partial charge in [0.1, 0.15) is 5.82 Å². The van der Waals surface area contributed by atoms with Gasteiger partial charge in [0.05, 0.1) is 16.6 Å². The fraction of sp³-hybridized carbons (Fsp3) is 0.526. The van der Waals surface area contributed by atoms with Crippen molar-refractivity contribution in [3.63, 3.8) is 0 Å². The molecule has 0 saturated heterocycles. The van der Waals surface area contributed by atoms with Crippen LogP contribution in [0.4, 0.5) is 10.5 Å². The molecule has 27 heavy (non-hydrogen) atoms. The summed E-state index contributed by atoms with van der Waals surface area (Å²) < 4.78 is 2.15. The number of aryl methyl sites for hydroxylation is 1. The normalized spacial score (nSPS) is 13.7. The average molecular weight is 410 g/mol. The number of hydrogen-bond acceptors (Lipinski definition) is 3. The largest absolute Gasteiger partial charge is 0.338 e. The molecule has 2 aromatic rings. The van der Waals surface area contributed by atoms with Crippen LogP contribution in [-0.4, -0.2) is 27.3 Å². The Morgan fingerprint density at radius 2 is 2.07 bits per heavy atom. The lowest BCUT2D eigenvalue weighted by atomic mass is 10.2. The summed E-state index contributed by atoms with van der Waals surface area (Å²) >= 11 is 12.2. The molecule has 8 heteroatoms. The van der Waals surface area contributed by atoms with Crippen LogP contribution < -0.4 is 10.2 Å². The van der Waals surface area contributed by atoms with E-state index in [-0.39, 0.29) is 6.03 Å². The first-order chi connectivity index (χ1) is 13.1. The van der Waals surface area contributed by atoms with Crippen molar-refractivity contribution >= 4 is 34.9 Å². The minimum atomic E-state index is -0.173. The first-order valence-corrected chi connectivity index (χ1v) is 10.3. The lowest BCUT2D eigenvalue weighted by Gasteiger charge is -2.23. The minimum absolute atomic E-state index is 0.173. The predicted molar refractivity (Wildman–Crippen MR) is 109 cm³/mol. The molecule has 0 bridgehead atoms. The number of carbonyl (C=O) groups excluding carboxylic acids is 1. The van der Waals surface area contributed by atoms with Gasteiger partial charge in [0.15, 0.2) is 5.82 Å². The maximum atomic E-state index is 12.9. The highest BCUT2D eigenvalue weighted by atomic mass is 35.5. The number of nitrogens with one attached hydrogen (secondary N) is 1. The first-order valence-electron chi connectivity index (χ1n) is 9.51. The summed E-state index contributed by atoms with van der Waals surface area (Å²) in [7, 11) is 0. The van der Waals surface area contributed by atoms with Gasteiger partial charge in [0.25, 0.3) is 0 Å². The molecule has 0 fully saturated rings. The summed E-state index contributed by atoms with van der Waals surface area (Å²) in [5.41, 5.74) is 0.685. The lowest BCUT2D eigenvalue weighted by Crippen LogP contribution is -2.40. The number of anilines is 1. The van der Waals surface area contributed by atoms with Gasteiger partial charge < -0.3 is 9.88 Å². The van der Waals surface area contributed by atoms with E-state index >= 15 is 0 Å². The van der Waals surface area contributed by atoms with Gasteiger partial charge in [-0.2, -0.15) is 0 Å². The number of amides is 2. The quantitative estimate of drug-likeness (QED) is 0.694. The number of unbranched alkanes of at least 4 members (excludes halogenated alkanes) is 1. The molecule has 2 heterocycles. The first kappa shape index (κ1) is 20.0. The highest BCUT2D eigenvalue weighted by Gasteiger charge is 2.22. The number of rotatable bonds is 6. The molecule has 0 unspecified atom stereocenters. The van der Waals surface area contributed by atoms with E-state index in [4.69, 9.17) is 23.2 Å². The minimum Gasteiger partial charge on any atom is -0.338 e. The summed E-state index contributed by atoms with van der Waals surface area (Å²) in [6.45, 7) is 3.95. The topological polar surface area (TPSA) is 63.1 Å². The molecular weight excluding hydrogens is 385 g/mol. The number of benzene rings is 1. The zero-order chi connectivity index (χ0) is 19.2. The van der Waals surface area contributed by atoms with Crippen LogP contribution in [-0.2, 0) is 19.5 Å². The van der Waals surface area contributed by atoms with E-state index in [1.807, 2.05) is 0 Å². The summed E-state index contributed by atoms with van der Waals surface area (Å²) in [6.07, 6.45) is 6.31. The summed E-state index contributed by atoms with van der Waals surface area (Å²) in [4.78, 5) is 14.5. The van der Waals surface area contributed by atoms with Crippen LogP contribution in [0, 0.1) is 0 Å². The fourth-order valence-electron chi connectivity index (χ4n) is 3.20. The van der Waals surface area contributed by atoms with E-state index in [0.717, 1.165) is 50.3 Å². The van der Waals surface area contributed by atoms with Gasteiger partial charge in [-0.25, -0.2) is 4.79 Å². The Kier molecular flexibility index (Phi) is 6.96. The Labute approximate surface area is 169 Å². The molecular formula is C19H25Cl2N5O. The molecule has 0 atom stereocenters. The number of halogens is 2. The lowest BCUT2D eigenvalue weighted by molar-refractivity contribution is 0.245. The molecule has 0 radical (unpaired) electrons. The van der Waals surface area contributed by atoms with Crippen LogP contribution in [0.3, 0.4) is 0 Å². The maximum absolute atomic E-state index is 12.9. The molecule has 146 valence electrons. The highest BCUT2D eigenvalue weighted by Crippen LogP contribution is 2.28. The number of fused-ring (bicyclic) bond motifs is 1. The number of aromatic nitrogens is 3. The molecule has 2 amide bonds. The van der Waals surface area contributed by atoms with Crippen molar-refractivity contribution in [3.05, 3.63) is 39.9 Å². The van der Waals surface area contributed by atoms with Crippen LogP contribution in [0.2, 0.25) is 10.0 Å². The number of hydrogen-bond donors (Lipinski definition) is 1. The Morgan fingerprint density at radius 1 is 1.22 bits per heavy atom. The summed E-state index contributed by atoms with van der Waals surface area (Å²) in [5, 5.41) is 12.5. The third-order valence-electron chi connectivity index (χ3n) is 4.75. The molecule has 6 nitrogen and oxygen atoms in total. The third-order valence-corrected chi connectivity index (χ3v) is 5.49. The van der Waals surface area contributed by atoms with Crippen LogP contribution in [0.25, 0.3) is 0 Å². The van der Waals surface area contributed by atoms with E-state index in [1.165, 1.54) is 6.42 Å². The Balaban J connectivity index is 1.86. The van der Waals surface area contributed by atoms with Gasteiger partial charge in [-0.05, 0) is 37.5 Å². The molecule has 1 aromatic carbocycles. The van der Waals surface area contributed by atoms with Crippen molar-refractivity contribution in [2.45, 2.75) is 58.5 Å². The van der Waals surface area contributed by atoms with Gasteiger partial charge in [-0.1, -0.05) is 43.0 Å². The molecule has 1 N–H and O–H groups in total. The van der Waals surface area contributed by atoms with E-state index in [0.29, 0.717) is 28.8 Å². The zero-order valence-corrected chi connectivity index (χ0v) is 17.1. The maximum Gasteiger partial charge on any atom is 0.322 e. The van der Waals surface area contributed by atoms with Gasteiger partial charge >= 0.3 is 6.03 Å². The molecule has 1 aromatic heterocycles.